The summed E-state index contributed by atoms with van der Waals surface area (Å²) >= 11 is 6.09. The van der Waals surface area contributed by atoms with Gasteiger partial charge >= 0.3 is 0 Å². The number of ether oxygens (including phenoxy) is 1. The molecule has 0 aliphatic carbocycles. The number of amides is 1. The second-order valence-electron chi connectivity index (χ2n) is 5.62. The first-order chi connectivity index (χ1) is 13.2. The van der Waals surface area contributed by atoms with Crippen molar-refractivity contribution >= 4 is 27.5 Å². The molecule has 1 aromatic carbocycles. The zero-order valence-corrected chi connectivity index (χ0v) is 16.3. The third-order valence-corrected chi connectivity index (χ3v) is 5.38. The number of benzene rings is 1. The number of sulfonamides is 1. The van der Waals surface area contributed by atoms with Crippen LogP contribution in [0, 0.1) is 5.82 Å². The lowest BCUT2D eigenvalue weighted by atomic mass is 10.3. The molecule has 11 heteroatoms. The zero-order valence-electron chi connectivity index (χ0n) is 14.7. The van der Waals surface area contributed by atoms with Gasteiger partial charge in [-0.05, 0) is 30.3 Å². The Morgan fingerprint density at radius 1 is 1.32 bits per heavy atom. The Bertz CT molecular complexity index is 1160. The van der Waals surface area contributed by atoms with E-state index in [0.29, 0.717) is 10.7 Å². The van der Waals surface area contributed by atoms with Crippen LogP contribution in [0.5, 0.6) is 5.75 Å². The van der Waals surface area contributed by atoms with Crippen molar-refractivity contribution in [3.63, 3.8) is 0 Å². The molecule has 0 aliphatic heterocycles. The van der Waals surface area contributed by atoms with Crippen molar-refractivity contribution < 1.29 is 22.3 Å². The van der Waals surface area contributed by atoms with Gasteiger partial charge in [0.1, 0.15) is 27.9 Å². The third kappa shape index (κ3) is 3.82. The topological polar surface area (TPSA) is 103 Å². The Kier molecular flexibility index (Phi) is 5.34. The summed E-state index contributed by atoms with van der Waals surface area (Å²) in [5, 5.41) is 0.320. The van der Waals surface area contributed by atoms with E-state index < -0.39 is 26.6 Å². The van der Waals surface area contributed by atoms with Gasteiger partial charge in [0, 0.05) is 19.4 Å². The molecule has 0 fully saturated rings. The summed E-state index contributed by atoms with van der Waals surface area (Å²) in [7, 11) is -1.57. The molecule has 0 aliphatic rings. The first-order valence-corrected chi connectivity index (χ1v) is 9.64. The predicted octanol–water partition coefficient (Wildman–Crippen LogP) is 2.40. The Morgan fingerprint density at radius 3 is 2.75 bits per heavy atom. The summed E-state index contributed by atoms with van der Waals surface area (Å²) in [5.74, 6) is -1.63. The van der Waals surface area contributed by atoms with Crippen LogP contribution in [-0.4, -0.2) is 36.0 Å². The van der Waals surface area contributed by atoms with E-state index in [1.807, 2.05) is 4.72 Å². The van der Waals surface area contributed by atoms with Crippen molar-refractivity contribution in [2.75, 3.05) is 7.11 Å². The molecule has 28 heavy (non-hydrogen) atoms. The number of hydrogen-bond donors (Lipinski definition) is 1. The molecule has 3 aromatic rings. The molecule has 146 valence electrons. The maximum Gasteiger partial charge on any atom is 0.285 e. The summed E-state index contributed by atoms with van der Waals surface area (Å²) in [6.45, 7) is 0. The van der Waals surface area contributed by atoms with Gasteiger partial charge in [0.15, 0.2) is 5.82 Å². The van der Waals surface area contributed by atoms with Crippen molar-refractivity contribution in [3.8, 4) is 17.3 Å². The lowest BCUT2D eigenvalue weighted by Gasteiger charge is -2.10. The third-order valence-electron chi connectivity index (χ3n) is 3.72. The molecule has 2 aromatic heterocycles. The van der Waals surface area contributed by atoms with Crippen LogP contribution in [0.1, 0.15) is 10.5 Å². The van der Waals surface area contributed by atoms with Gasteiger partial charge < -0.3 is 9.30 Å². The van der Waals surface area contributed by atoms with Gasteiger partial charge in [0.2, 0.25) is 0 Å². The van der Waals surface area contributed by atoms with Crippen LogP contribution in [0.2, 0.25) is 5.02 Å². The average Bonchev–Trinajstić information content (AvgIpc) is 3.03. The molecular weight excluding hydrogens is 411 g/mol. The number of nitrogens with zero attached hydrogens (tertiary/aromatic N) is 3. The molecule has 0 atom stereocenters. The number of carbonyl (C=O) groups excluding carboxylic acids is 1. The molecule has 0 bridgehead atoms. The first-order valence-electron chi connectivity index (χ1n) is 7.78. The summed E-state index contributed by atoms with van der Waals surface area (Å²) < 4.78 is 46.8. The van der Waals surface area contributed by atoms with Crippen LogP contribution < -0.4 is 9.46 Å². The van der Waals surface area contributed by atoms with Gasteiger partial charge in [-0.1, -0.05) is 11.6 Å². The molecule has 0 unspecified atom stereocenters. The van der Waals surface area contributed by atoms with Crippen LogP contribution in [0.4, 0.5) is 4.39 Å². The lowest BCUT2D eigenvalue weighted by molar-refractivity contribution is 0.0977. The highest BCUT2D eigenvalue weighted by Crippen LogP contribution is 2.26. The maximum atomic E-state index is 13.5. The van der Waals surface area contributed by atoms with Crippen LogP contribution >= 0.6 is 11.6 Å². The molecule has 8 nitrogen and oxygen atoms in total. The fourth-order valence-corrected chi connectivity index (χ4v) is 3.78. The Balaban J connectivity index is 1.93. The largest absolute Gasteiger partial charge is 0.495 e. The van der Waals surface area contributed by atoms with Gasteiger partial charge in [0.25, 0.3) is 15.9 Å². The molecule has 2 heterocycles. The van der Waals surface area contributed by atoms with E-state index in [2.05, 4.69) is 9.97 Å². The van der Waals surface area contributed by atoms with Crippen molar-refractivity contribution in [1.29, 1.82) is 0 Å². The second kappa shape index (κ2) is 7.56. The van der Waals surface area contributed by atoms with Crippen LogP contribution in [0.3, 0.4) is 0 Å². The Morgan fingerprint density at radius 2 is 2.07 bits per heavy atom. The van der Waals surface area contributed by atoms with Crippen molar-refractivity contribution in [3.05, 3.63) is 59.3 Å². The Labute approximate surface area is 165 Å². The summed E-state index contributed by atoms with van der Waals surface area (Å²) in [6.07, 6.45) is 2.84. The monoisotopic (exact) mass is 424 g/mol. The number of nitrogens with one attached hydrogen (secondary N) is 1. The summed E-state index contributed by atoms with van der Waals surface area (Å²) in [6, 6.07) is 6.20. The molecule has 1 N–H and O–H groups in total. The quantitative estimate of drug-likeness (QED) is 0.674. The first kappa shape index (κ1) is 19.8. The van der Waals surface area contributed by atoms with Gasteiger partial charge in [-0.25, -0.2) is 22.5 Å². The normalized spacial score (nSPS) is 11.3. The smallest absolute Gasteiger partial charge is 0.285 e. The maximum absolute atomic E-state index is 13.5. The van der Waals surface area contributed by atoms with E-state index in [9.17, 15) is 17.6 Å². The highest BCUT2D eigenvalue weighted by atomic mass is 35.5. The number of aryl methyl sites for hydroxylation is 1. The number of carbonyl (C=O) groups is 1. The number of aromatic nitrogens is 3. The van der Waals surface area contributed by atoms with E-state index in [1.54, 1.807) is 19.2 Å². The number of hydrogen-bond acceptors (Lipinski definition) is 6. The number of imidazole rings is 1. The van der Waals surface area contributed by atoms with Crippen LogP contribution in [-0.2, 0) is 17.1 Å². The summed E-state index contributed by atoms with van der Waals surface area (Å²) in [5.41, 5.74) is 0.151. The van der Waals surface area contributed by atoms with Crippen LogP contribution in [0.25, 0.3) is 11.5 Å². The fourth-order valence-electron chi connectivity index (χ4n) is 2.44. The minimum Gasteiger partial charge on any atom is -0.495 e. The van der Waals surface area contributed by atoms with Gasteiger partial charge in [-0.3, -0.25) is 9.78 Å². The second-order valence-corrected chi connectivity index (χ2v) is 7.68. The number of pyridine rings is 1. The highest BCUT2D eigenvalue weighted by Gasteiger charge is 2.25. The molecule has 3 rings (SSSR count). The molecule has 0 spiro atoms. The van der Waals surface area contributed by atoms with E-state index >= 15 is 0 Å². The van der Waals surface area contributed by atoms with Crippen molar-refractivity contribution in [2.45, 2.75) is 4.90 Å². The van der Waals surface area contributed by atoms with E-state index in [-0.39, 0.29) is 17.3 Å². The number of rotatable bonds is 5. The van der Waals surface area contributed by atoms with E-state index in [4.69, 9.17) is 16.3 Å². The molecule has 0 saturated heterocycles. The molecule has 0 radical (unpaired) electrons. The standard InChI is InChI=1S/C17H14ClFN4O4S/c1-23-9-12(21-16(23)15-11(18)4-3-7-20-15)17(24)22-28(25,26)14-8-10(19)5-6-13(14)27-2/h3-9H,1-2H3,(H,22,24). The van der Waals surface area contributed by atoms with Crippen LogP contribution in [0.15, 0.2) is 47.6 Å². The highest BCUT2D eigenvalue weighted by molar-refractivity contribution is 7.90. The van der Waals surface area contributed by atoms with Gasteiger partial charge in [0.05, 0.1) is 12.1 Å². The molecular formula is C17H14ClFN4O4S. The lowest BCUT2D eigenvalue weighted by Crippen LogP contribution is -2.31. The molecule has 0 saturated carbocycles. The fraction of sp³-hybridized carbons (Fsp3) is 0.118. The van der Waals surface area contributed by atoms with Crippen molar-refractivity contribution in [2.24, 2.45) is 7.05 Å². The zero-order chi connectivity index (χ0) is 20.5. The minimum atomic E-state index is -4.40. The van der Waals surface area contributed by atoms with Crippen molar-refractivity contribution in [1.82, 2.24) is 19.3 Å². The number of halogens is 2. The Hall–Kier alpha value is -2.98. The minimum absolute atomic E-state index is 0.108. The summed E-state index contributed by atoms with van der Waals surface area (Å²) in [4.78, 5) is 20.2. The number of methoxy groups -OCH3 is 1. The van der Waals surface area contributed by atoms with Gasteiger partial charge in [-0.2, -0.15) is 0 Å². The van der Waals surface area contributed by atoms with Gasteiger partial charge in [-0.15, -0.1) is 0 Å². The van der Waals surface area contributed by atoms with E-state index in [1.165, 1.54) is 24.1 Å². The average molecular weight is 425 g/mol. The SMILES string of the molecule is COc1ccc(F)cc1S(=O)(=O)NC(=O)c1cn(C)c(-c2ncccc2Cl)n1. The molecule has 1 amide bonds. The predicted molar refractivity (Wildman–Crippen MR) is 99.1 cm³/mol. The van der Waals surface area contributed by atoms with E-state index in [0.717, 1.165) is 18.2 Å².